The monoisotopic (exact) mass is 1350 g/mol. The van der Waals surface area contributed by atoms with E-state index in [1.807, 2.05) is 0 Å². The number of rotatable bonds is 8. The molecular weight excluding hydrogens is 1260 g/mol. The molecule has 2 aromatic rings. The van der Waals surface area contributed by atoms with Crippen LogP contribution in [0.25, 0.3) is 0 Å². The van der Waals surface area contributed by atoms with Crippen LogP contribution in [0.4, 0.5) is 26.3 Å². The highest BCUT2D eigenvalue weighted by Crippen LogP contribution is 2.38. The van der Waals surface area contributed by atoms with E-state index in [4.69, 9.17) is 11.6 Å². The second-order valence-electron chi connectivity index (χ2n) is 26.2. The van der Waals surface area contributed by atoms with E-state index < -0.39 is 173 Å². The van der Waals surface area contributed by atoms with Crippen LogP contribution in [0, 0.1) is 11.8 Å². The average molecular weight is 1350 g/mol. The molecule has 0 bridgehead atoms. The van der Waals surface area contributed by atoms with Crippen LogP contribution in [0.5, 0.6) is 0 Å². The zero-order chi connectivity index (χ0) is 69.5. The van der Waals surface area contributed by atoms with Gasteiger partial charge in [-0.25, -0.2) is 0 Å². The van der Waals surface area contributed by atoms with E-state index in [2.05, 4.69) is 21.3 Å². The number of fused-ring (bicyclic) bond motifs is 2. The highest BCUT2D eigenvalue weighted by Gasteiger charge is 2.51. The molecule has 7 rings (SSSR count). The van der Waals surface area contributed by atoms with E-state index in [9.17, 15) is 69.5 Å². The third-order valence-corrected chi connectivity index (χ3v) is 19.9. The Balaban J connectivity index is 1.24. The summed E-state index contributed by atoms with van der Waals surface area (Å²) in [5, 5.41) is 10.7. The lowest BCUT2D eigenvalue weighted by molar-refractivity contribution is -0.157. The van der Waals surface area contributed by atoms with E-state index in [1.165, 1.54) is 61.8 Å². The number of alkyl halides is 6. The van der Waals surface area contributed by atoms with Gasteiger partial charge in [-0.15, -0.1) is 0 Å². The first-order valence-corrected chi connectivity index (χ1v) is 32.6. The molecule has 3 saturated heterocycles. The molecule has 0 radical (unpaired) electrons. The van der Waals surface area contributed by atoms with Gasteiger partial charge in [0.05, 0.1) is 29.2 Å². The van der Waals surface area contributed by atoms with Crippen LogP contribution in [0.1, 0.15) is 140 Å². The predicted molar refractivity (Wildman–Crippen MR) is 332 cm³/mol. The number of nitrogens with zero attached hydrogens (tertiary/aromatic N) is 7. The molecule has 4 N–H and O–H groups in total. The number of nitrogens with one attached hydrogen (secondary N) is 4. The normalized spacial score (nSPS) is 26.9. The SMILES string of the molecule is CC[C@H](C)[C@@H]1NC(=O)[C@H](C)N(C)C(=O)C[C@@H](C)NC(=O)[C@H](C2CCCC2)N(C)C(=O)C2(CCCC2)NC(=O)[C@@H]2CCCN2C(=O)[C@H](CCc2ccc(C(F)(F)F)c(Cl)c2)NC(=O)CN(C)C(=O)[C@H](Cc2ccc(C(F)(F)F)cc2)N(C)C(=O)[C@@H]2CCN2C(=O)CN(C)C1=O. The van der Waals surface area contributed by atoms with Crippen LogP contribution in [0.15, 0.2) is 42.5 Å². The van der Waals surface area contributed by atoms with E-state index in [1.54, 1.807) is 20.8 Å². The van der Waals surface area contributed by atoms with Gasteiger partial charge in [-0.05, 0) is 119 Å². The number of hydrogen-bond acceptors (Lipinski definition) is 11. The predicted octanol–water partition coefficient (Wildman–Crippen LogP) is 5.11. The lowest BCUT2D eigenvalue weighted by Crippen LogP contribution is -2.64. The highest BCUT2D eigenvalue weighted by atomic mass is 35.5. The summed E-state index contributed by atoms with van der Waals surface area (Å²) in [6.07, 6.45) is -5.57. The molecule has 2 aromatic carbocycles. The molecule has 2 saturated carbocycles. The van der Waals surface area contributed by atoms with Gasteiger partial charge < -0.3 is 55.6 Å². The standard InChI is InChI=1S/C65H88ClF6N11O11/c1-10-37(2)53-61(93)78(6)36-52(86)82-31-27-48(82)60(92)80(8)49(34-41-19-23-43(24-20-41)64(67,68)69)59(91)77(5)35-50(84)74-46(26-22-40-21-25-44(45(66)33-40)65(70,71)72)58(90)83-30-15-18-47(83)56(88)76-63(28-13-14-29-63)62(94)81(9)54(42-16-11-12-17-42)57(89)73-38(3)32-51(85)79(7)39(4)55(87)75-53/h19-21,23-25,33,37-39,42,46-49,53-54H,10-18,22,26-32,34-36H2,1-9H3,(H,73,89)(H,74,84)(H,75,87)(H,76,88)/t37-,38+,39-,46-,47-,48-,49-,53-,54-/m0/s1. The van der Waals surface area contributed by atoms with Gasteiger partial charge in [0.15, 0.2) is 0 Å². The van der Waals surface area contributed by atoms with Crippen LogP contribution in [0.3, 0.4) is 0 Å². The molecule has 2 aliphatic carbocycles. The van der Waals surface area contributed by atoms with Gasteiger partial charge in [-0.2, -0.15) is 26.3 Å². The molecule has 3 heterocycles. The second-order valence-corrected chi connectivity index (χ2v) is 26.6. The lowest BCUT2D eigenvalue weighted by Gasteiger charge is -2.43. The maximum atomic E-state index is 15.2. The van der Waals surface area contributed by atoms with Crippen molar-refractivity contribution in [3.63, 3.8) is 0 Å². The van der Waals surface area contributed by atoms with Crippen LogP contribution in [0.2, 0.25) is 5.02 Å². The van der Waals surface area contributed by atoms with Crippen molar-refractivity contribution in [2.24, 2.45) is 11.8 Å². The first-order chi connectivity index (χ1) is 44.1. The van der Waals surface area contributed by atoms with Crippen molar-refractivity contribution in [3.05, 3.63) is 69.7 Å². The van der Waals surface area contributed by atoms with Crippen LogP contribution < -0.4 is 21.3 Å². The fourth-order valence-electron chi connectivity index (χ4n) is 13.5. The third kappa shape index (κ3) is 17.3. The zero-order valence-electron chi connectivity index (χ0n) is 54.7. The molecule has 9 atom stereocenters. The number of benzene rings is 2. The number of carbonyl (C=O) groups is 11. The van der Waals surface area contributed by atoms with Crippen molar-refractivity contribution in [1.29, 1.82) is 0 Å². The Kier molecular flexibility index (Phi) is 24.3. The maximum absolute atomic E-state index is 15.2. The van der Waals surface area contributed by atoms with Crippen molar-refractivity contribution < 1.29 is 79.1 Å². The van der Waals surface area contributed by atoms with E-state index in [0.717, 1.165) is 70.0 Å². The van der Waals surface area contributed by atoms with Gasteiger partial charge >= 0.3 is 12.4 Å². The molecule has 518 valence electrons. The minimum Gasteiger partial charge on any atom is -0.351 e. The Morgan fingerprint density at radius 3 is 1.83 bits per heavy atom. The van der Waals surface area contributed by atoms with Crippen molar-refractivity contribution in [1.82, 2.24) is 55.6 Å². The molecule has 11 amide bonds. The van der Waals surface area contributed by atoms with Crippen molar-refractivity contribution in [2.45, 2.75) is 197 Å². The lowest BCUT2D eigenvalue weighted by atomic mass is 9.90. The fraction of sp³-hybridized carbons (Fsp3) is 0.646. The summed E-state index contributed by atoms with van der Waals surface area (Å²) in [4.78, 5) is 168. The van der Waals surface area contributed by atoms with Crippen LogP contribution in [-0.2, 0) is 77.9 Å². The highest BCUT2D eigenvalue weighted by molar-refractivity contribution is 6.31. The Bertz CT molecular complexity index is 3160. The first-order valence-electron chi connectivity index (χ1n) is 32.2. The van der Waals surface area contributed by atoms with Crippen molar-refractivity contribution >= 4 is 76.6 Å². The number of halogens is 7. The summed E-state index contributed by atoms with van der Waals surface area (Å²) < 4.78 is 82.6. The Labute approximate surface area is 548 Å². The van der Waals surface area contributed by atoms with Crippen molar-refractivity contribution in [3.8, 4) is 0 Å². The molecular formula is C65H88ClF6N11O11. The Morgan fingerprint density at radius 2 is 1.24 bits per heavy atom. The largest absolute Gasteiger partial charge is 0.417 e. The zero-order valence-corrected chi connectivity index (χ0v) is 55.5. The summed E-state index contributed by atoms with van der Waals surface area (Å²) in [5.41, 5.74) is -3.23. The first kappa shape index (κ1) is 73.9. The molecule has 94 heavy (non-hydrogen) atoms. The summed E-state index contributed by atoms with van der Waals surface area (Å²) in [7, 11) is 6.69. The summed E-state index contributed by atoms with van der Waals surface area (Å²) in [6, 6.07) is -2.83. The molecule has 5 fully saturated rings. The quantitative estimate of drug-likeness (QED) is 0.253. The molecule has 29 heteroatoms. The molecule has 1 spiro atoms. The van der Waals surface area contributed by atoms with E-state index in [-0.39, 0.29) is 75.1 Å². The number of hydrogen-bond donors (Lipinski definition) is 4. The number of amides is 11. The number of aryl methyl sites for hydroxylation is 1. The molecule has 0 aromatic heterocycles. The summed E-state index contributed by atoms with van der Waals surface area (Å²) >= 11 is 6.10. The number of likely N-dealkylation sites (N-methyl/N-ethyl adjacent to an activating group) is 5. The second kappa shape index (κ2) is 30.9. The maximum Gasteiger partial charge on any atom is 0.417 e. The minimum absolute atomic E-state index is 0.00924. The van der Waals surface area contributed by atoms with Crippen molar-refractivity contribution in [2.75, 3.05) is 61.4 Å². The third-order valence-electron chi connectivity index (χ3n) is 19.6. The molecule has 0 unspecified atom stereocenters. The minimum atomic E-state index is -4.79. The van der Waals surface area contributed by atoms with Gasteiger partial charge in [0, 0.05) is 67.2 Å². The molecule has 22 nitrogen and oxygen atoms in total. The molecule has 5 aliphatic rings. The summed E-state index contributed by atoms with van der Waals surface area (Å²) in [6.45, 7) is 5.24. The smallest absolute Gasteiger partial charge is 0.351 e. The number of carbonyl (C=O) groups excluding carboxylic acids is 11. The fourth-order valence-corrected chi connectivity index (χ4v) is 13.8. The van der Waals surface area contributed by atoms with Gasteiger partial charge in [0.2, 0.25) is 65.0 Å². The van der Waals surface area contributed by atoms with Gasteiger partial charge in [-0.1, -0.05) is 75.8 Å². The van der Waals surface area contributed by atoms with Crippen LogP contribution >= 0.6 is 11.6 Å². The van der Waals surface area contributed by atoms with Gasteiger partial charge in [0.1, 0.15) is 47.8 Å². The Hall–Kier alpha value is -7.52. The van der Waals surface area contributed by atoms with E-state index >= 15 is 9.59 Å². The Morgan fingerprint density at radius 1 is 0.617 bits per heavy atom. The average Bonchev–Trinajstić information content (AvgIpc) is 1.39. The van der Waals surface area contributed by atoms with Gasteiger partial charge in [-0.3, -0.25) is 52.7 Å². The van der Waals surface area contributed by atoms with E-state index in [0.29, 0.717) is 38.5 Å². The van der Waals surface area contributed by atoms with Crippen LogP contribution in [-0.4, -0.2) is 215 Å². The topological polar surface area (TPSA) is 259 Å². The molecule has 3 aliphatic heterocycles. The van der Waals surface area contributed by atoms with Gasteiger partial charge in [0.25, 0.3) is 0 Å². The summed E-state index contributed by atoms with van der Waals surface area (Å²) in [5.74, 6) is -8.58.